The third kappa shape index (κ3) is 12.0. The van der Waals surface area contributed by atoms with Gasteiger partial charge >= 0.3 is 5.97 Å². The fraction of sp³-hybridized carbons (Fsp3) is 0.923. The van der Waals surface area contributed by atoms with Gasteiger partial charge in [-0.05, 0) is 50.7 Å². The predicted molar refractivity (Wildman–Crippen MR) is 89.2 cm³/mol. The molecule has 23 heavy (non-hydrogen) atoms. The van der Waals surface area contributed by atoms with E-state index in [2.05, 4.69) is 4.74 Å². The standard InChI is InChI=1S/C13H25Cl2NO6S/c1-4-22-12(17)11-21-7-6-20-8-10-23(18,19)9-5-13(2,3)16(14)15/h4-11H2,1-3H3. The number of rotatable bonds is 13. The van der Waals surface area contributed by atoms with Gasteiger partial charge in [0.25, 0.3) is 0 Å². The third-order valence-electron chi connectivity index (χ3n) is 2.92. The first kappa shape index (κ1) is 22.9. The van der Waals surface area contributed by atoms with E-state index in [0.717, 1.165) is 3.94 Å². The number of carbonyl (C=O) groups is 1. The van der Waals surface area contributed by atoms with E-state index < -0.39 is 21.3 Å². The van der Waals surface area contributed by atoms with E-state index >= 15 is 0 Å². The van der Waals surface area contributed by atoms with Crippen LogP contribution in [0, 0.1) is 0 Å². The molecular weight excluding hydrogens is 369 g/mol. The van der Waals surface area contributed by atoms with Crippen molar-refractivity contribution in [2.24, 2.45) is 0 Å². The molecule has 0 bridgehead atoms. The van der Waals surface area contributed by atoms with Crippen LogP contribution >= 0.6 is 23.6 Å². The minimum Gasteiger partial charge on any atom is -0.464 e. The van der Waals surface area contributed by atoms with E-state index in [1.165, 1.54) is 0 Å². The third-order valence-corrected chi connectivity index (χ3v) is 5.45. The van der Waals surface area contributed by atoms with E-state index in [1.807, 2.05) is 0 Å². The second-order valence-electron chi connectivity index (χ2n) is 5.42. The summed E-state index contributed by atoms with van der Waals surface area (Å²) in [4.78, 5) is 11.0. The van der Waals surface area contributed by atoms with Crippen LogP contribution in [0.15, 0.2) is 0 Å². The Morgan fingerprint density at radius 2 is 1.70 bits per heavy atom. The van der Waals surface area contributed by atoms with Crippen molar-refractivity contribution in [2.45, 2.75) is 32.7 Å². The molecule has 0 aromatic carbocycles. The molecular formula is C13H25Cl2NO6S. The maximum absolute atomic E-state index is 11.9. The minimum absolute atomic E-state index is 0.0291. The Balaban J connectivity index is 3.77. The lowest BCUT2D eigenvalue weighted by atomic mass is 10.0. The van der Waals surface area contributed by atoms with Crippen molar-refractivity contribution in [1.29, 1.82) is 0 Å². The van der Waals surface area contributed by atoms with Crippen molar-refractivity contribution in [3.63, 3.8) is 0 Å². The lowest BCUT2D eigenvalue weighted by Gasteiger charge is -2.27. The molecule has 0 N–H and O–H groups in total. The zero-order chi connectivity index (χ0) is 17.9. The molecule has 0 radical (unpaired) electrons. The topological polar surface area (TPSA) is 82.1 Å². The maximum atomic E-state index is 11.9. The Kier molecular flexibility index (Phi) is 11.4. The monoisotopic (exact) mass is 393 g/mol. The molecule has 0 rings (SSSR count). The van der Waals surface area contributed by atoms with Gasteiger partial charge < -0.3 is 14.2 Å². The van der Waals surface area contributed by atoms with Crippen LogP contribution in [0.2, 0.25) is 0 Å². The lowest BCUT2D eigenvalue weighted by Crippen LogP contribution is -2.34. The first-order chi connectivity index (χ1) is 10.6. The number of sulfone groups is 1. The highest BCUT2D eigenvalue weighted by Crippen LogP contribution is 2.24. The smallest absolute Gasteiger partial charge is 0.332 e. The number of halogens is 2. The summed E-state index contributed by atoms with van der Waals surface area (Å²) >= 11 is 11.3. The van der Waals surface area contributed by atoms with Gasteiger partial charge in [-0.2, -0.15) is 0 Å². The van der Waals surface area contributed by atoms with Gasteiger partial charge in [-0.3, -0.25) is 0 Å². The molecule has 0 aliphatic rings. The molecule has 0 amide bonds. The molecule has 0 fully saturated rings. The van der Waals surface area contributed by atoms with Crippen LogP contribution in [0.25, 0.3) is 0 Å². The van der Waals surface area contributed by atoms with E-state index in [1.54, 1.807) is 20.8 Å². The normalized spacial score (nSPS) is 12.6. The summed E-state index contributed by atoms with van der Waals surface area (Å²) in [6, 6.07) is 0. The van der Waals surface area contributed by atoms with E-state index in [0.29, 0.717) is 13.0 Å². The number of esters is 1. The van der Waals surface area contributed by atoms with Gasteiger partial charge in [-0.25, -0.2) is 13.2 Å². The van der Waals surface area contributed by atoms with Gasteiger partial charge in [0.15, 0.2) is 9.84 Å². The van der Waals surface area contributed by atoms with Gasteiger partial charge in [0.05, 0.1) is 37.9 Å². The summed E-state index contributed by atoms with van der Waals surface area (Å²) in [6.07, 6.45) is 0.311. The largest absolute Gasteiger partial charge is 0.464 e. The summed E-state index contributed by atoms with van der Waals surface area (Å²) in [5.74, 6) is -0.560. The van der Waals surface area contributed by atoms with Crippen LogP contribution in [-0.2, 0) is 28.8 Å². The van der Waals surface area contributed by atoms with Gasteiger partial charge in [0.2, 0.25) is 0 Å². The minimum atomic E-state index is -3.25. The van der Waals surface area contributed by atoms with Crippen LogP contribution in [0.1, 0.15) is 27.2 Å². The van der Waals surface area contributed by atoms with Crippen molar-refractivity contribution in [1.82, 2.24) is 3.94 Å². The maximum Gasteiger partial charge on any atom is 0.332 e. The molecule has 10 heteroatoms. The number of hydrogen-bond acceptors (Lipinski definition) is 7. The van der Waals surface area contributed by atoms with Crippen LogP contribution in [0.4, 0.5) is 0 Å². The highest BCUT2D eigenvalue weighted by atomic mass is 35.5. The number of nitrogens with zero attached hydrogens (tertiary/aromatic N) is 1. The molecule has 0 aromatic rings. The average Bonchev–Trinajstić information content (AvgIpc) is 2.44. The Hall–Kier alpha value is -0.120. The average molecular weight is 394 g/mol. The molecule has 0 aromatic heterocycles. The van der Waals surface area contributed by atoms with Crippen LogP contribution in [-0.4, -0.2) is 68.4 Å². The molecule has 0 saturated carbocycles. The predicted octanol–water partition coefficient (Wildman–Crippen LogP) is 1.78. The zero-order valence-corrected chi connectivity index (χ0v) is 16.0. The van der Waals surface area contributed by atoms with Crippen molar-refractivity contribution in [3.05, 3.63) is 0 Å². The summed E-state index contributed by atoms with van der Waals surface area (Å²) < 4.78 is 39.6. The van der Waals surface area contributed by atoms with Gasteiger partial charge in [0, 0.05) is 5.54 Å². The first-order valence-corrected chi connectivity index (χ1v) is 9.74. The molecule has 0 aliphatic carbocycles. The highest BCUT2D eigenvalue weighted by Gasteiger charge is 2.26. The summed E-state index contributed by atoms with van der Waals surface area (Å²) in [7, 11) is -3.25. The van der Waals surface area contributed by atoms with E-state index in [-0.39, 0.29) is 37.9 Å². The molecule has 7 nitrogen and oxygen atoms in total. The molecule has 138 valence electrons. The number of hydrogen-bond donors (Lipinski definition) is 0. The lowest BCUT2D eigenvalue weighted by molar-refractivity contribution is -0.148. The quantitative estimate of drug-likeness (QED) is 0.268. The Labute approximate surface area is 148 Å². The molecule has 0 aliphatic heterocycles. The van der Waals surface area contributed by atoms with E-state index in [4.69, 9.17) is 33.0 Å². The summed E-state index contributed by atoms with van der Waals surface area (Å²) in [6.45, 7) is 5.84. The fourth-order valence-corrected chi connectivity index (χ4v) is 2.91. The molecule has 0 atom stereocenters. The molecule has 0 saturated heterocycles. The van der Waals surface area contributed by atoms with Crippen LogP contribution in [0.5, 0.6) is 0 Å². The number of carbonyl (C=O) groups excluding carboxylic acids is 1. The molecule has 0 unspecified atom stereocenters. The van der Waals surface area contributed by atoms with Crippen LogP contribution in [0.3, 0.4) is 0 Å². The van der Waals surface area contributed by atoms with Crippen molar-refractivity contribution >= 4 is 39.4 Å². The van der Waals surface area contributed by atoms with Crippen molar-refractivity contribution in [3.8, 4) is 0 Å². The first-order valence-electron chi connectivity index (χ1n) is 7.24. The Bertz CT molecular complexity index is 442. The highest BCUT2D eigenvalue weighted by molar-refractivity contribution is 7.91. The molecule has 0 heterocycles. The second-order valence-corrected chi connectivity index (χ2v) is 8.57. The fourth-order valence-electron chi connectivity index (χ4n) is 1.36. The second kappa shape index (κ2) is 11.4. The summed E-state index contributed by atoms with van der Waals surface area (Å²) in [5.41, 5.74) is -0.627. The molecule has 0 spiro atoms. The van der Waals surface area contributed by atoms with Crippen LogP contribution < -0.4 is 0 Å². The zero-order valence-electron chi connectivity index (χ0n) is 13.7. The van der Waals surface area contributed by atoms with Gasteiger partial charge in [-0.1, -0.05) is 0 Å². The SMILES string of the molecule is CCOC(=O)COCCOCCS(=O)(=O)CCC(C)(C)N(Cl)Cl. The van der Waals surface area contributed by atoms with Gasteiger partial charge in [0.1, 0.15) is 6.61 Å². The van der Waals surface area contributed by atoms with Crippen molar-refractivity contribution in [2.75, 3.05) is 44.5 Å². The summed E-state index contributed by atoms with van der Waals surface area (Å²) in [5, 5.41) is 0. The Morgan fingerprint density at radius 1 is 1.09 bits per heavy atom. The van der Waals surface area contributed by atoms with Crippen molar-refractivity contribution < 1.29 is 27.4 Å². The Morgan fingerprint density at radius 3 is 2.26 bits per heavy atom. The van der Waals surface area contributed by atoms with Gasteiger partial charge in [-0.15, -0.1) is 3.94 Å². The van der Waals surface area contributed by atoms with E-state index in [9.17, 15) is 13.2 Å². The number of ether oxygens (including phenoxy) is 3.